The molecule has 1 unspecified atom stereocenters. The summed E-state index contributed by atoms with van der Waals surface area (Å²) in [7, 11) is 0. The number of imide groups is 1. The van der Waals surface area contributed by atoms with Crippen molar-refractivity contribution in [1.82, 2.24) is 4.90 Å². The number of nitrogens with zero attached hydrogens (tertiary/aromatic N) is 1. The lowest BCUT2D eigenvalue weighted by Crippen LogP contribution is -2.53. The fourth-order valence-corrected chi connectivity index (χ4v) is 5.66. The number of hydrogen-bond donors (Lipinski definition) is 0. The van der Waals surface area contributed by atoms with Gasteiger partial charge in [0.25, 0.3) is 0 Å². The molecule has 4 atom stereocenters. The summed E-state index contributed by atoms with van der Waals surface area (Å²) in [6.07, 6.45) is -1.46. The quantitative estimate of drug-likeness (QED) is 0.426. The van der Waals surface area contributed by atoms with Gasteiger partial charge in [-0.05, 0) is 47.9 Å². The zero-order chi connectivity index (χ0) is 25.3. The summed E-state index contributed by atoms with van der Waals surface area (Å²) in [5, 5.41) is 0.555. The van der Waals surface area contributed by atoms with Gasteiger partial charge in [-0.3, -0.25) is 8.98 Å². The fraction of sp³-hybridized carbons (Fsp3) is 0.440. The van der Waals surface area contributed by atoms with Gasteiger partial charge >= 0.3 is 6.09 Å². The number of halogens is 2. The molecular formula is C25H27ClFNO6S. The molecule has 7 nitrogen and oxygen atoms in total. The monoisotopic (exact) mass is 523 g/mol. The summed E-state index contributed by atoms with van der Waals surface area (Å²) in [6, 6.07) is 10.8. The summed E-state index contributed by atoms with van der Waals surface area (Å²) in [4.78, 5) is 27.4. The van der Waals surface area contributed by atoms with Crippen LogP contribution in [0.1, 0.15) is 56.4 Å². The highest BCUT2D eigenvalue weighted by Gasteiger charge is 2.57. The van der Waals surface area contributed by atoms with E-state index in [9.17, 15) is 13.5 Å². The maximum absolute atomic E-state index is 14.0. The molecule has 0 radical (unpaired) electrons. The molecule has 3 aliphatic rings. The number of benzene rings is 2. The molecule has 1 aliphatic carbocycles. The Morgan fingerprint density at radius 3 is 2.34 bits per heavy atom. The summed E-state index contributed by atoms with van der Waals surface area (Å²) < 4.78 is 35.1. The minimum atomic E-state index is -1.18. The van der Waals surface area contributed by atoms with Gasteiger partial charge in [0.1, 0.15) is 12.7 Å². The highest BCUT2D eigenvalue weighted by molar-refractivity contribution is 7.89. The van der Waals surface area contributed by atoms with Crippen molar-refractivity contribution in [2.24, 2.45) is 11.3 Å². The number of hydrogen-bond acceptors (Lipinski definition) is 7. The van der Waals surface area contributed by atoms with Crippen LogP contribution in [0.4, 0.5) is 8.68 Å². The van der Waals surface area contributed by atoms with Crippen molar-refractivity contribution in [3.63, 3.8) is 0 Å². The van der Waals surface area contributed by atoms with Crippen molar-refractivity contribution < 1.29 is 31.9 Å². The highest BCUT2D eigenvalue weighted by Crippen LogP contribution is 2.60. The van der Waals surface area contributed by atoms with E-state index in [0.29, 0.717) is 22.1 Å². The Labute approximate surface area is 213 Å². The second-order valence-corrected chi connectivity index (χ2v) is 9.30. The average molecular weight is 524 g/mol. The molecular weight excluding hydrogens is 497 g/mol. The number of ether oxygens (including phenoxy) is 3. The molecule has 188 valence electrons. The maximum atomic E-state index is 14.0. The lowest BCUT2D eigenvalue weighted by atomic mass is 9.56. The van der Waals surface area contributed by atoms with Crippen LogP contribution in [0.5, 0.6) is 11.5 Å². The van der Waals surface area contributed by atoms with E-state index in [4.69, 9.17) is 30.0 Å². The van der Waals surface area contributed by atoms with Crippen LogP contribution in [0.2, 0.25) is 5.02 Å². The molecule has 35 heavy (non-hydrogen) atoms. The third kappa shape index (κ3) is 4.23. The minimum absolute atomic E-state index is 0.0680. The topological polar surface area (TPSA) is 74.3 Å². The Balaban J connectivity index is 0.00000141. The van der Waals surface area contributed by atoms with E-state index < -0.39 is 35.4 Å². The predicted octanol–water partition coefficient (Wildman–Crippen LogP) is 6.45. The second-order valence-electron chi connectivity index (χ2n) is 8.54. The van der Waals surface area contributed by atoms with Gasteiger partial charge in [0.2, 0.25) is 25.1 Å². The SMILES string of the molecule is CC.C[C@@H]1[C@@H](OSF)c2cc3c(cc2[C@@H](c2ccc(Cl)cc2)C1(C)C(=O)N1CCOC1=O)OCO3. The number of carbonyl (C=O) groups excluding carboxylic acids is 2. The van der Waals surface area contributed by atoms with Gasteiger partial charge in [-0.2, -0.15) is 0 Å². The van der Waals surface area contributed by atoms with Gasteiger partial charge < -0.3 is 14.2 Å². The van der Waals surface area contributed by atoms with Crippen LogP contribution in [0.3, 0.4) is 0 Å². The predicted molar refractivity (Wildman–Crippen MR) is 130 cm³/mol. The van der Waals surface area contributed by atoms with Gasteiger partial charge in [-0.1, -0.05) is 44.5 Å². The Morgan fingerprint density at radius 2 is 1.77 bits per heavy atom. The summed E-state index contributed by atoms with van der Waals surface area (Å²) in [5.41, 5.74) is 1.08. The molecule has 5 rings (SSSR count). The van der Waals surface area contributed by atoms with Crippen LogP contribution < -0.4 is 9.47 Å². The van der Waals surface area contributed by atoms with Crippen LogP contribution in [0.15, 0.2) is 36.4 Å². The smallest absolute Gasteiger partial charge is 0.416 e. The molecule has 0 N–H and O–H groups in total. The first-order chi connectivity index (χ1) is 16.9. The number of carbonyl (C=O) groups is 2. The van der Waals surface area contributed by atoms with Gasteiger partial charge in [0.05, 0.1) is 12.0 Å². The molecule has 2 aromatic rings. The Kier molecular flexibility index (Phi) is 7.49. The van der Waals surface area contributed by atoms with Crippen molar-refractivity contribution in [3.8, 4) is 11.5 Å². The van der Waals surface area contributed by atoms with Gasteiger partial charge in [0, 0.05) is 16.9 Å². The summed E-state index contributed by atoms with van der Waals surface area (Å²) in [5.74, 6) is -0.358. The van der Waals surface area contributed by atoms with Gasteiger partial charge in [0.15, 0.2) is 11.5 Å². The van der Waals surface area contributed by atoms with Crippen molar-refractivity contribution in [3.05, 3.63) is 58.1 Å². The van der Waals surface area contributed by atoms with E-state index in [1.54, 1.807) is 25.1 Å². The zero-order valence-corrected chi connectivity index (χ0v) is 21.5. The Morgan fingerprint density at radius 1 is 1.14 bits per heavy atom. The molecule has 2 amide bonds. The van der Waals surface area contributed by atoms with E-state index in [0.717, 1.165) is 16.0 Å². The molecule has 1 saturated heterocycles. The largest absolute Gasteiger partial charge is 0.454 e. The van der Waals surface area contributed by atoms with Crippen LogP contribution >= 0.6 is 24.0 Å². The van der Waals surface area contributed by atoms with E-state index in [1.165, 1.54) is 0 Å². The first-order valence-corrected chi connectivity index (χ1v) is 12.5. The molecule has 2 heterocycles. The lowest BCUT2D eigenvalue weighted by Gasteiger charge is -2.49. The van der Waals surface area contributed by atoms with Crippen LogP contribution in [-0.4, -0.2) is 36.8 Å². The molecule has 2 aliphatic heterocycles. The van der Waals surface area contributed by atoms with Gasteiger partial charge in [-0.25, -0.2) is 9.69 Å². The normalized spacial score (nSPS) is 26.5. The molecule has 0 spiro atoms. The Bertz CT molecular complexity index is 1120. The number of fused-ring (bicyclic) bond motifs is 2. The van der Waals surface area contributed by atoms with Crippen LogP contribution in [-0.2, 0) is 13.7 Å². The Hall–Kier alpha value is -2.49. The molecule has 1 fully saturated rings. The second kappa shape index (κ2) is 10.2. The summed E-state index contributed by atoms with van der Waals surface area (Å²) in [6.45, 7) is 7.98. The third-order valence-corrected chi connectivity index (χ3v) is 7.54. The molecule has 0 aromatic heterocycles. The highest BCUT2D eigenvalue weighted by atomic mass is 35.5. The van der Waals surface area contributed by atoms with Crippen molar-refractivity contribution in [2.75, 3.05) is 19.9 Å². The standard InChI is InChI=1S/C23H21ClFNO6S.C2H6/c1-12-20(32-33-25)16-10-18-17(30-11-31-18)9-15(16)19(13-3-5-14(24)6-4-13)23(12,2)21(27)26-7-8-29-22(26)28;1-2/h3-6,9-10,12,19-20H,7-8,11H2,1-2H3;1-2H3/t12-,19-,20-,23?;/m1./s1. The molecule has 0 bridgehead atoms. The van der Waals surface area contributed by atoms with Gasteiger partial charge in [-0.15, -0.1) is 3.89 Å². The van der Waals surface area contributed by atoms with Crippen molar-refractivity contribution in [2.45, 2.75) is 39.7 Å². The van der Waals surface area contributed by atoms with Crippen molar-refractivity contribution in [1.29, 1.82) is 0 Å². The van der Waals surface area contributed by atoms with Crippen LogP contribution in [0.25, 0.3) is 0 Å². The summed E-state index contributed by atoms with van der Waals surface area (Å²) >= 11 is 5.89. The first kappa shape index (κ1) is 25.6. The zero-order valence-electron chi connectivity index (χ0n) is 19.9. The molecule has 2 aromatic carbocycles. The number of rotatable bonds is 4. The average Bonchev–Trinajstić information content (AvgIpc) is 3.51. The van der Waals surface area contributed by atoms with E-state index in [-0.39, 0.29) is 32.4 Å². The number of amides is 2. The maximum Gasteiger partial charge on any atom is 0.416 e. The van der Waals surface area contributed by atoms with E-state index in [1.807, 2.05) is 39.0 Å². The first-order valence-electron chi connectivity index (χ1n) is 11.5. The third-order valence-electron chi connectivity index (χ3n) is 7.01. The molecule has 10 heteroatoms. The van der Waals surface area contributed by atoms with Crippen LogP contribution in [0, 0.1) is 11.3 Å². The number of cyclic esters (lactones) is 1. The van der Waals surface area contributed by atoms with E-state index in [2.05, 4.69) is 0 Å². The van der Waals surface area contributed by atoms with Crippen molar-refractivity contribution >= 4 is 36.0 Å². The fourth-order valence-electron chi connectivity index (χ4n) is 5.18. The van der Waals surface area contributed by atoms with E-state index >= 15 is 0 Å². The minimum Gasteiger partial charge on any atom is -0.454 e. The molecule has 0 saturated carbocycles. The lowest BCUT2D eigenvalue weighted by molar-refractivity contribution is -0.145.